The summed E-state index contributed by atoms with van der Waals surface area (Å²) in [5.41, 5.74) is 0.631. The van der Waals surface area contributed by atoms with Crippen molar-refractivity contribution in [2.45, 2.75) is 12.3 Å². The van der Waals surface area contributed by atoms with E-state index in [-0.39, 0.29) is 5.92 Å². The van der Waals surface area contributed by atoms with Crippen molar-refractivity contribution >= 4 is 0 Å². The van der Waals surface area contributed by atoms with Gasteiger partial charge in [-0.1, -0.05) is 6.07 Å². The normalized spacial score (nSPS) is 21.0. The van der Waals surface area contributed by atoms with E-state index in [1.54, 1.807) is 13.2 Å². The van der Waals surface area contributed by atoms with Crippen LogP contribution in [0.2, 0.25) is 0 Å². The van der Waals surface area contributed by atoms with E-state index in [4.69, 9.17) is 4.74 Å². The summed E-state index contributed by atoms with van der Waals surface area (Å²) in [5, 5.41) is 0. The predicted molar refractivity (Wildman–Crippen MR) is 62.0 cm³/mol. The van der Waals surface area contributed by atoms with Crippen molar-refractivity contribution in [3.63, 3.8) is 0 Å². The highest BCUT2D eigenvalue weighted by Crippen LogP contribution is 2.29. The molecule has 1 aliphatic heterocycles. The van der Waals surface area contributed by atoms with E-state index >= 15 is 0 Å². The fraction of sp³-hybridized carbons (Fsp3) is 0.538. The van der Waals surface area contributed by atoms with Gasteiger partial charge in [-0.15, -0.1) is 0 Å². The van der Waals surface area contributed by atoms with Crippen LogP contribution in [0, 0.1) is 11.6 Å². The molecular formula is C13H17F2NO. The fourth-order valence-corrected chi connectivity index (χ4v) is 2.34. The van der Waals surface area contributed by atoms with E-state index in [1.165, 1.54) is 6.07 Å². The third kappa shape index (κ3) is 3.01. The molecule has 1 aromatic rings. The minimum Gasteiger partial charge on any atom is -0.383 e. The molecule has 0 saturated carbocycles. The minimum absolute atomic E-state index is 0.174. The average Bonchev–Trinajstić information content (AvgIpc) is 2.75. The number of rotatable bonds is 4. The molecular weight excluding hydrogens is 224 g/mol. The largest absolute Gasteiger partial charge is 0.383 e. The highest BCUT2D eigenvalue weighted by molar-refractivity contribution is 5.24. The number of nitrogens with zero attached hydrogens (tertiary/aromatic N) is 1. The van der Waals surface area contributed by atoms with Gasteiger partial charge in [-0.25, -0.2) is 8.78 Å². The quantitative estimate of drug-likeness (QED) is 0.802. The second kappa shape index (κ2) is 5.56. The van der Waals surface area contributed by atoms with Gasteiger partial charge in [0.25, 0.3) is 0 Å². The lowest BCUT2D eigenvalue weighted by molar-refractivity contribution is 0.160. The molecule has 0 N–H and O–H groups in total. The highest BCUT2D eigenvalue weighted by atomic mass is 19.1. The highest BCUT2D eigenvalue weighted by Gasteiger charge is 2.25. The number of benzene rings is 1. The summed E-state index contributed by atoms with van der Waals surface area (Å²) in [6.45, 7) is 3.34. The molecule has 1 saturated heterocycles. The van der Waals surface area contributed by atoms with E-state index in [0.717, 1.165) is 32.1 Å². The van der Waals surface area contributed by atoms with Gasteiger partial charge in [0.1, 0.15) is 11.6 Å². The number of ether oxygens (including phenoxy) is 1. The minimum atomic E-state index is -0.513. The first-order valence-electron chi connectivity index (χ1n) is 5.87. The van der Waals surface area contributed by atoms with Gasteiger partial charge < -0.3 is 9.64 Å². The summed E-state index contributed by atoms with van der Waals surface area (Å²) >= 11 is 0. The number of halogens is 2. The van der Waals surface area contributed by atoms with Gasteiger partial charge >= 0.3 is 0 Å². The Morgan fingerprint density at radius 1 is 1.41 bits per heavy atom. The van der Waals surface area contributed by atoms with Crippen LogP contribution >= 0.6 is 0 Å². The van der Waals surface area contributed by atoms with Crippen molar-refractivity contribution in [2.24, 2.45) is 0 Å². The second-order valence-corrected chi connectivity index (χ2v) is 4.44. The lowest BCUT2D eigenvalue weighted by Crippen LogP contribution is -2.24. The Bertz CT molecular complexity index is 384. The second-order valence-electron chi connectivity index (χ2n) is 4.44. The third-order valence-corrected chi connectivity index (χ3v) is 3.29. The SMILES string of the molecule is COCCN1CCC(c2ccc(F)cc2F)C1. The molecule has 1 aliphatic rings. The molecule has 17 heavy (non-hydrogen) atoms. The predicted octanol–water partition coefficient (Wildman–Crippen LogP) is 2.40. The van der Waals surface area contributed by atoms with Gasteiger partial charge in [0.05, 0.1) is 6.61 Å². The summed E-state index contributed by atoms with van der Waals surface area (Å²) in [6.07, 6.45) is 0.923. The maximum atomic E-state index is 13.6. The zero-order valence-electron chi connectivity index (χ0n) is 9.96. The summed E-state index contributed by atoms with van der Waals surface area (Å²) < 4.78 is 31.4. The zero-order chi connectivity index (χ0) is 12.3. The molecule has 1 unspecified atom stereocenters. The van der Waals surface area contributed by atoms with Crippen LogP contribution in [0.1, 0.15) is 17.9 Å². The molecule has 0 spiro atoms. The topological polar surface area (TPSA) is 12.5 Å². The monoisotopic (exact) mass is 241 g/mol. The van der Waals surface area contributed by atoms with Crippen LogP contribution in [0.15, 0.2) is 18.2 Å². The Kier molecular flexibility index (Phi) is 4.07. The number of likely N-dealkylation sites (tertiary alicyclic amines) is 1. The fourth-order valence-electron chi connectivity index (χ4n) is 2.34. The van der Waals surface area contributed by atoms with Gasteiger partial charge in [0, 0.05) is 32.2 Å². The standard InChI is InChI=1S/C13H17F2NO/c1-17-7-6-16-5-4-10(9-16)12-3-2-11(14)8-13(12)15/h2-3,8,10H,4-7,9H2,1H3. The molecule has 0 bridgehead atoms. The maximum absolute atomic E-state index is 13.6. The Hall–Kier alpha value is -1.00. The van der Waals surface area contributed by atoms with Crippen molar-refractivity contribution in [3.05, 3.63) is 35.4 Å². The van der Waals surface area contributed by atoms with Crippen LogP contribution in [0.25, 0.3) is 0 Å². The van der Waals surface area contributed by atoms with Gasteiger partial charge in [-0.3, -0.25) is 0 Å². The first-order chi connectivity index (χ1) is 8.20. The molecule has 0 radical (unpaired) electrons. The zero-order valence-corrected chi connectivity index (χ0v) is 9.96. The first kappa shape index (κ1) is 12.5. The molecule has 1 atom stereocenters. The lowest BCUT2D eigenvalue weighted by atomic mass is 9.98. The third-order valence-electron chi connectivity index (χ3n) is 3.29. The average molecular weight is 241 g/mol. The van der Waals surface area contributed by atoms with Gasteiger partial charge in [-0.05, 0) is 24.6 Å². The van der Waals surface area contributed by atoms with Gasteiger partial charge in [0.2, 0.25) is 0 Å². The molecule has 2 nitrogen and oxygen atoms in total. The molecule has 2 rings (SSSR count). The van der Waals surface area contributed by atoms with Crippen LogP contribution in [0.4, 0.5) is 8.78 Å². The van der Waals surface area contributed by atoms with Crippen LogP contribution in [-0.4, -0.2) is 38.3 Å². The smallest absolute Gasteiger partial charge is 0.129 e. The van der Waals surface area contributed by atoms with Crippen LogP contribution in [-0.2, 0) is 4.74 Å². The lowest BCUT2D eigenvalue weighted by Gasteiger charge is -2.15. The molecule has 0 aromatic heterocycles. The van der Waals surface area contributed by atoms with Crippen molar-refractivity contribution in [2.75, 3.05) is 33.4 Å². The molecule has 0 aliphatic carbocycles. The molecule has 1 aromatic carbocycles. The maximum Gasteiger partial charge on any atom is 0.129 e. The van der Waals surface area contributed by atoms with E-state index in [9.17, 15) is 8.78 Å². The summed E-state index contributed by atoms with van der Waals surface area (Å²) in [6, 6.07) is 3.86. The Morgan fingerprint density at radius 3 is 2.94 bits per heavy atom. The Labute approximate surface area is 100 Å². The van der Waals surface area contributed by atoms with E-state index in [1.807, 2.05) is 0 Å². The summed E-state index contributed by atoms with van der Waals surface area (Å²) in [7, 11) is 1.67. The van der Waals surface area contributed by atoms with E-state index in [2.05, 4.69) is 4.90 Å². The van der Waals surface area contributed by atoms with Crippen LogP contribution < -0.4 is 0 Å². The number of hydrogen-bond acceptors (Lipinski definition) is 2. The van der Waals surface area contributed by atoms with Crippen molar-refractivity contribution in [3.8, 4) is 0 Å². The molecule has 94 valence electrons. The Morgan fingerprint density at radius 2 is 2.24 bits per heavy atom. The number of hydrogen-bond donors (Lipinski definition) is 0. The van der Waals surface area contributed by atoms with Crippen molar-refractivity contribution in [1.82, 2.24) is 4.90 Å². The summed E-state index contributed by atoms with van der Waals surface area (Å²) in [5.74, 6) is -0.767. The summed E-state index contributed by atoms with van der Waals surface area (Å²) in [4.78, 5) is 2.25. The van der Waals surface area contributed by atoms with Crippen LogP contribution in [0.5, 0.6) is 0 Å². The van der Waals surface area contributed by atoms with E-state index in [0.29, 0.717) is 12.2 Å². The Balaban J connectivity index is 2.00. The van der Waals surface area contributed by atoms with E-state index < -0.39 is 11.6 Å². The van der Waals surface area contributed by atoms with Crippen LogP contribution in [0.3, 0.4) is 0 Å². The van der Waals surface area contributed by atoms with Gasteiger partial charge in [-0.2, -0.15) is 0 Å². The van der Waals surface area contributed by atoms with Crippen molar-refractivity contribution < 1.29 is 13.5 Å². The molecule has 4 heteroatoms. The first-order valence-corrected chi connectivity index (χ1v) is 5.87. The van der Waals surface area contributed by atoms with Crippen molar-refractivity contribution in [1.29, 1.82) is 0 Å². The molecule has 0 amide bonds. The molecule has 1 fully saturated rings. The number of methoxy groups -OCH3 is 1. The van der Waals surface area contributed by atoms with Gasteiger partial charge in [0.15, 0.2) is 0 Å². The molecule has 1 heterocycles.